The average Bonchev–Trinajstić information content (AvgIpc) is 2.72. The zero-order valence-electron chi connectivity index (χ0n) is 16.8. The molecule has 0 radical (unpaired) electrons. The van der Waals surface area contributed by atoms with Crippen molar-refractivity contribution >= 4 is 0 Å². The average molecular weight is 361 g/mol. The zero-order valence-corrected chi connectivity index (χ0v) is 16.8. The number of ether oxygens (including phenoxy) is 1. The first-order valence-electron chi connectivity index (χ1n) is 10.6. The van der Waals surface area contributed by atoms with Gasteiger partial charge in [0.15, 0.2) is 0 Å². The van der Waals surface area contributed by atoms with Crippen molar-refractivity contribution in [2.75, 3.05) is 6.61 Å². The van der Waals surface area contributed by atoms with Crippen LogP contribution < -0.4 is 4.74 Å². The molecule has 0 aromatic heterocycles. The van der Waals surface area contributed by atoms with Crippen LogP contribution in [-0.4, -0.2) is 6.61 Å². The molecule has 1 fully saturated rings. The van der Waals surface area contributed by atoms with Gasteiger partial charge in [-0.25, -0.2) is 0 Å². The Morgan fingerprint density at radius 2 is 1.41 bits per heavy atom. The molecule has 1 heteroatoms. The second-order valence-electron chi connectivity index (χ2n) is 7.91. The molecule has 0 heterocycles. The summed E-state index contributed by atoms with van der Waals surface area (Å²) in [5, 5.41) is 0. The molecular weight excluding hydrogens is 328 g/mol. The first-order chi connectivity index (χ1) is 13.2. The summed E-state index contributed by atoms with van der Waals surface area (Å²) in [6, 6.07) is 17.0. The minimum Gasteiger partial charge on any atom is -0.494 e. The topological polar surface area (TPSA) is 9.23 Å². The molecule has 142 valence electrons. The smallest absolute Gasteiger partial charge is 0.119 e. The maximum absolute atomic E-state index is 5.76. The highest BCUT2D eigenvalue weighted by atomic mass is 16.5. The molecule has 1 aliphatic rings. The molecule has 0 atom stereocenters. The van der Waals surface area contributed by atoms with E-state index in [1.54, 1.807) is 0 Å². The molecule has 27 heavy (non-hydrogen) atoms. The van der Waals surface area contributed by atoms with Gasteiger partial charge in [0.05, 0.1) is 6.61 Å². The largest absolute Gasteiger partial charge is 0.494 e. The van der Waals surface area contributed by atoms with Crippen LogP contribution in [0.5, 0.6) is 5.75 Å². The summed E-state index contributed by atoms with van der Waals surface area (Å²) in [6.45, 7) is 5.38. The number of rotatable bonds is 6. The van der Waals surface area contributed by atoms with E-state index in [9.17, 15) is 0 Å². The quantitative estimate of drug-likeness (QED) is 0.400. The third kappa shape index (κ3) is 6.17. The fourth-order valence-corrected chi connectivity index (χ4v) is 3.75. The van der Waals surface area contributed by atoms with Crippen molar-refractivity contribution < 1.29 is 4.74 Å². The van der Waals surface area contributed by atoms with Crippen molar-refractivity contribution in [1.82, 2.24) is 0 Å². The lowest BCUT2D eigenvalue weighted by molar-refractivity contribution is 0.306. The van der Waals surface area contributed by atoms with E-state index < -0.39 is 0 Å². The normalized spacial score (nSPS) is 19.2. The Morgan fingerprint density at radius 3 is 2.00 bits per heavy atom. The summed E-state index contributed by atoms with van der Waals surface area (Å²) in [4.78, 5) is 0. The van der Waals surface area contributed by atoms with Crippen LogP contribution in [0.15, 0.2) is 48.5 Å². The Kier molecular flexibility index (Phi) is 7.40. The highest BCUT2D eigenvalue weighted by Crippen LogP contribution is 2.35. The van der Waals surface area contributed by atoms with Crippen molar-refractivity contribution in [3.05, 3.63) is 65.2 Å². The minimum absolute atomic E-state index is 0.744. The lowest BCUT2D eigenvalue weighted by Crippen LogP contribution is -2.10. The van der Waals surface area contributed by atoms with Crippen LogP contribution in [0.4, 0.5) is 0 Å². The Morgan fingerprint density at radius 1 is 0.815 bits per heavy atom. The van der Waals surface area contributed by atoms with Crippen LogP contribution in [0, 0.1) is 17.8 Å². The fraction of sp³-hybridized carbons (Fsp3) is 0.462. The maximum Gasteiger partial charge on any atom is 0.119 e. The van der Waals surface area contributed by atoms with Crippen LogP contribution in [0.2, 0.25) is 0 Å². The molecular formula is C26H32O. The molecule has 1 aliphatic carbocycles. The van der Waals surface area contributed by atoms with Gasteiger partial charge in [-0.1, -0.05) is 63.5 Å². The molecule has 0 unspecified atom stereocenters. The van der Waals surface area contributed by atoms with Gasteiger partial charge in [0.2, 0.25) is 0 Å². The van der Waals surface area contributed by atoms with Crippen LogP contribution >= 0.6 is 0 Å². The lowest BCUT2D eigenvalue weighted by atomic mass is 9.79. The van der Waals surface area contributed by atoms with Gasteiger partial charge in [0, 0.05) is 11.1 Å². The van der Waals surface area contributed by atoms with Gasteiger partial charge in [-0.05, 0) is 73.1 Å². The van der Waals surface area contributed by atoms with Crippen molar-refractivity contribution in [3.63, 3.8) is 0 Å². The first-order valence-corrected chi connectivity index (χ1v) is 10.6. The van der Waals surface area contributed by atoms with Crippen molar-refractivity contribution in [2.45, 2.75) is 64.7 Å². The van der Waals surface area contributed by atoms with Gasteiger partial charge in [-0.2, -0.15) is 0 Å². The van der Waals surface area contributed by atoms with Crippen LogP contribution in [-0.2, 0) is 0 Å². The lowest BCUT2D eigenvalue weighted by Gasteiger charge is -2.26. The number of unbranched alkanes of at least 4 members (excludes halogenated alkanes) is 2. The summed E-state index contributed by atoms with van der Waals surface area (Å²) >= 11 is 0. The van der Waals surface area contributed by atoms with Crippen LogP contribution in [0.25, 0.3) is 0 Å². The van der Waals surface area contributed by atoms with E-state index in [1.807, 2.05) is 24.3 Å². The van der Waals surface area contributed by atoms with Crippen molar-refractivity contribution in [2.24, 2.45) is 5.92 Å². The molecule has 1 nitrogen and oxygen atoms in total. The van der Waals surface area contributed by atoms with E-state index in [0.29, 0.717) is 0 Å². The Bertz CT molecular complexity index is 738. The fourth-order valence-electron chi connectivity index (χ4n) is 3.75. The molecule has 0 bridgehead atoms. The van der Waals surface area contributed by atoms with Gasteiger partial charge >= 0.3 is 0 Å². The predicted molar refractivity (Wildman–Crippen MR) is 114 cm³/mol. The molecule has 0 N–H and O–H groups in total. The van der Waals surface area contributed by atoms with Gasteiger partial charge in [0.1, 0.15) is 5.75 Å². The van der Waals surface area contributed by atoms with Gasteiger partial charge in [0.25, 0.3) is 0 Å². The number of hydrogen-bond acceptors (Lipinski definition) is 1. The number of benzene rings is 2. The van der Waals surface area contributed by atoms with Crippen LogP contribution in [0.1, 0.15) is 81.4 Å². The minimum atomic E-state index is 0.744. The summed E-state index contributed by atoms with van der Waals surface area (Å²) in [5.74, 6) is 9.13. The third-order valence-electron chi connectivity index (χ3n) is 5.62. The van der Waals surface area contributed by atoms with E-state index in [1.165, 1.54) is 44.1 Å². The first kappa shape index (κ1) is 19.6. The van der Waals surface area contributed by atoms with Crippen LogP contribution in [0.3, 0.4) is 0 Å². The van der Waals surface area contributed by atoms with E-state index in [2.05, 4.69) is 50.0 Å². The summed E-state index contributed by atoms with van der Waals surface area (Å²) < 4.78 is 5.76. The van der Waals surface area contributed by atoms with E-state index >= 15 is 0 Å². The third-order valence-corrected chi connectivity index (χ3v) is 5.62. The maximum atomic E-state index is 5.76. The molecule has 1 saturated carbocycles. The van der Waals surface area contributed by atoms with Crippen molar-refractivity contribution in [3.8, 4) is 17.6 Å². The SMILES string of the molecule is CCCCCOc1ccc(C#Cc2ccc([C@H]3CC[C@H](C)CC3)cc2)cc1. The number of hydrogen-bond donors (Lipinski definition) is 0. The highest BCUT2D eigenvalue weighted by molar-refractivity contribution is 5.45. The molecule has 2 aromatic rings. The van der Waals surface area contributed by atoms with Gasteiger partial charge in [-0.15, -0.1) is 0 Å². The standard InChI is InChI=1S/C26H32O/c1-3-4-5-20-27-26-18-12-23(13-19-26)9-8-22-10-16-25(17-11-22)24-14-6-21(2)7-15-24/h10-13,16-19,21,24H,3-7,14-15,20H2,1-2H3/t21-,24-. The zero-order chi connectivity index (χ0) is 18.9. The molecule has 2 aromatic carbocycles. The molecule has 0 amide bonds. The second-order valence-corrected chi connectivity index (χ2v) is 7.91. The summed E-state index contributed by atoms with van der Waals surface area (Å²) in [5.41, 5.74) is 3.60. The van der Waals surface area contributed by atoms with Gasteiger partial charge < -0.3 is 4.74 Å². The second kappa shape index (κ2) is 10.2. The van der Waals surface area contributed by atoms with Gasteiger partial charge in [-0.3, -0.25) is 0 Å². The van der Waals surface area contributed by atoms with E-state index in [0.717, 1.165) is 41.7 Å². The highest BCUT2D eigenvalue weighted by Gasteiger charge is 2.19. The Balaban J connectivity index is 1.54. The Labute approximate surface area is 165 Å². The molecule has 0 aliphatic heterocycles. The van der Waals surface area contributed by atoms with E-state index in [4.69, 9.17) is 4.74 Å². The predicted octanol–water partition coefficient (Wildman–Crippen LogP) is 6.95. The molecule has 0 saturated heterocycles. The van der Waals surface area contributed by atoms with E-state index in [-0.39, 0.29) is 0 Å². The summed E-state index contributed by atoms with van der Waals surface area (Å²) in [6.07, 6.45) is 8.96. The van der Waals surface area contributed by atoms with Crippen molar-refractivity contribution in [1.29, 1.82) is 0 Å². The summed E-state index contributed by atoms with van der Waals surface area (Å²) in [7, 11) is 0. The monoisotopic (exact) mass is 360 g/mol. The Hall–Kier alpha value is -2.20. The molecule has 3 rings (SSSR count). The molecule has 0 spiro atoms.